The predicted octanol–water partition coefficient (Wildman–Crippen LogP) is 2.74. The summed E-state index contributed by atoms with van der Waals surface area (Å²) in [6.07, 6.45) is 2.17. The van der Waals surface area contributed by atoms with Crippen molar-refractivity contribution >= 4 is 22.4 Å². The van der Waals surface area contributed by atoms with Gasteiger partial charge in [0.1, 0.15) is 11.6 Å². The van der Waals surface area contributed by atoms with E-state index >= 15 is 0 Å². The molecule has 0 bridgehead atoms. The van der Waals surface area contributed by atoms with E-state index in [1.54, 1.807) is 11.3 Å². The Morgan fingerprint density at radius 3 is 2.81 bits per heavy atom. The molecule has 0 spiro atoms. The molecule has 1 atom stereocenters. The van der Waals surface area contributed by atoms with Crippen LogP contribution in [0.1, 0.15) is 35.4 Å². The fourth-order valence-corrected chi connectivity index (χ4v) is 5.30. The van der Waals surface area contributed by atoms with Gasteiger partial charge >= 0.3 is 0 Å². The monoisotopic (exact) mass is 438 g/mol. The van der Waals surface area contributed by atoms with Crippen molar-refractivity contribution < 1.29 is 9.53 Å². The highest BCUT2D eigenvalue weighted by atomic mass is 32.1. The van der Waals surface area contributed by atoms with Gasteiger partial charge in [0.25, 0.3) is 0 Å². The first-order valence-corrected chi connectivity index (χ1v) is 11.6. The van der Waals surface area contributed by atoms with E-state index in [1.165, 1.54) is 0 Å². The number of thiazole rings is 1. The van der Waals surface area contributed by atoms with E-state index in [0.717, 1.165) is 65.4 Å². The van der Waals surface area contributed by atoms with Crippen molar-refractivity contribution in [2.75, 3.05) is 31.2 Å². The number of fused-ring (bicyclic) bond motifs is 1. The summed E-state index contributed by atoms with van der Waals surface area (Å²) in [6, 6.07) is 10.0. The molecule has 4 heterocycles. The van der Waals surface area contributed by atoms with Gasteiger partial charge in [-0.2, -0.15) is 5.10 Å². The van der Waals surface area contributed by atoms with Crippen LogP contribution < -0.4 is 10.2 Å². The zero-order chi connectivity index (χ0) is 21.2. The summed E-state index contributed by atoms with van der Waals surface area (Å²) in [4.78, 5) is 25.7. The average molecular weight is 439 g/mol. The second kappa shape index (κ2) is 8.76. The molecule has 0 saturated carbocycles. The van der Waals surface area contributed by atoms with E-state index in [2.05, 4.69) is 20.3 Å². The maximum Gasteiger partial charge on any atom is 0.225 e. The molecule has 3 aromatic rings. The number of carbonyl (C=O) groups excluding carboxylic acids is 1. The largest absolute Gasteiger partial charge is 0.378 e. The average Bonchev–Trinajstić information content (AvgIpc) is 3.38. The van der Waals surface area contributed by atoms with Crippen LogP contribution in [-0.4, -0.2) is 52.0 Å². The molecule has 8 nitrogen and oxygen atoms in total. The topological polar surface area (TPSA) is 85.2 Å². The molecular formula is C22H26N6O2S. The number of benzene rings is 1. The first-order chi connectivity index (χ1) is 15.2. The predicted molar refractivity (Wildman–Crippen MR) is 119 cm³/mol. The summed E-state index contributed by atoms with van der Waals surface area (Å²) in [5.41, 5.74) is 1.93. The Hall–Kier alpha value is -2.78. The van der Waals surface area contributed by atoms with Gasteiger partial charge in [-0.3, -0.25) is 4.79 Å². The van der Waals surface area contributed by atoms with Crippen LogP contribution in [0, 0.1) is 6.92 Å². The van der Waals surface area contributed by atoms with Crippen LogP contribution in [0.15, 0.2) is 30.3 Å². The van der Waals surface area contributed by atoms with Crippen molar-refractivity contribution in [1.82, 2.24) is 25.1 Å². The van der Waals surface area contributed by atoms with E-state index in [0.29, 0.717) is 19.6 Å². The second-order valence-electron chi connectivity index (χ2n) is 7.91. The number of aromatic nitrogens is 4. The highest BCUT2D eigenvalue weighted by Gasteiger charge is 2.26. The fraction of sp³-hybridized carbons (Fsp3) is 0.455. The van der Waals surface area contributed by atoms with Crippen LogP contribution >= 0.6 is 11.3 Å². The molecule has 5 rings (SSSR count). The SMILES string of the molecule is Cc1nc2n(n1)CCC[C@H]2NC(=O)Cc1sc(N2CCOCC2)nc1-c1ccccc1. The number of aryl methyl sites for hydroxylation is 2. The molecule has 2 aromatic heterocycles. The van der Waals surface area contributed by atoms with E-state index in [9.17, 15) is 4.79 Å². The first kappa shape index (κ1) is 20.1. The minimum Gasteiger partial charge on any atom is -0.378 e. The minimum absolute atomic E-state index is 0.00605. The Morgan fingerprint density at radius 2 is 2.00 bits per heavy atom. The number of nitrogens with zero attached hydrogens (tertiary/aromatic N) is 5. The van der Waals surface area contributed by atoms with Gasteiger partial charge in [-0.15, -0.1) is 11.3 Å². The van der Waals surface area contributed by atoms with E-state index in [1.807, 2.05) is 41.9 Å². The Kier molecular flexibility index (Phi) is 5.69. The Bertz CT molecular complexity index is 1060. The van der Waals surface area contributed by atoms with E-state index in [-0.39, 0.29) is 11.9 Å². The molecule has 9 heteroatoms. The van der Waals surface area contributed by atoms with Crippen LogP contribution in [0.4, 0.5) is 5.13 Å². The smallest absolute Gasteiger partial charge is 0.225 e. The third kappa shape index (κ3) is 4.33. The van der Waals surface area contributed by atoms with Crippen molar-refractivity contribution in [2.45, 2.75) is 38.8 Å². The number of nitrogens with one attached hydrogen (secondary N) is 1. The number of hydrogen-bond acceptors (Lipinski definition) is 7. The van der Waals surface area contributed by atoms with Gasteiger partial charge in [0.05, 0.1) is 31.4 Å². The Morgan fingerprint density at radius 1 is 1.19 bits per heavy atom. The highest BCUT2D eigenvalue weighted by molar-refractivity contribution is 7.16. The number of rotatable bonds is 5. The Labute approximate surface area is 185 Å². The van der Waals surface area contributed by atoms with Gasteiger partial charge in [-0.25, -0.2) is 14.6 Å². The standard InChI is InChI=1S/C22H26N6O2S/c1-15-23-21-17(8-5-9-28(21)26-15)24-19(29)14-18-20(16-6-3-2-4-7-16)25-22(31-18)27-10-12-30-13-11-27/h2-4,6-7,17H,5,8-14H2,1H3,(H,24,29)/t17-/m1/s1. The lowest BCUT2D eigenvalue weighted by Gasteiger charge is -2.26. The molecule has 1 amide bonds. The molecular weight excluding hydrogens is 412 g/mol. The van der Waals surface area contributed by atoms with Crippen LogP contribution in [0.5, 0.6) is 0 Å². The summed E-state index contributed by atoms with van der Waals surface area (Å²) in [5.74, 6) is 1.60. The van der Waals surface area contributed by atoms with Crippen molar-refractivity contribution in [3.8, 4) is 11.3 Å². The fourth-order valence-electron chi connectivity index (χ4n) is 4.17. The summed E-state index contributed by atoms with van der Waals surface area (Å²) in [7, 11) is 0. The number of amides is 1. The third-order valence-corrected chi connectivity index (χ3v) is 6.77. The number of ether oxygens (including phenoxy) is 1. The third-order valence-electron chi connectivity index (χ3n) is 5.65. The Balaban J connectivity index is 1.37. The number of morpholine rings is 1. The second-order valence-corrected chi connectivity index (χ2v) is 8.98. The van der Waals surface area contributed by atoms with Crippen LogP contribution in [0.2, 0.25) is 0 Å². The van der Waals surface area contributed by atoms with Gasteiger partial charge in [0.2, 0.25) is 5.91 Å². The summed E-state index contributed by atoms with van der Waals surface area (Å²) in [6.45, 7) is 5.81. The molecule has 2 aliphatic rings. The van der Waals surface area contributed by atoms with Gasteiger partial charge in [0.15, 0.2) is 5.13 Å². The summed E-state index contributed by atoms with van der Waals surface area (Å²) >= 11 is 1.61. The summed E-state index contributed by atoms with van der Waals surface area (Å²) in [5, 5.41) is 8.58. The molecule has 1 fully saturated rings. The maximum atomic E-state index is 13.0. The van der Waals surface area contributed by atoms with Crippen LogP contribution in [-0.2, 0) is 22.5 Å². The number of carbonyl (C=O) groups is 1. The van der Waals surface area contributed by atoms with Crippen molar-refractivity contribution in [1.29, 1.82) is 0 Å². The normalized spacial score (nSPS) is 18.6. The zero-order valence-electron chi connectivity index (χ0n) is 17.6. The minimum atomic E-state index is -0.0886. The van der Waals surface area contributed by atoms with Crippen LogP contribution in [0.3, 0.4) is 0 Å². The lowest BCUT2D eigenvalue weighted by Crippen LogP contribution is -2.36. The quantitative estimate of drug-likeness (QED) is 0.659. The highest BCUT2D eigenvalue weighted by Crippen LogP contribution is 2.34. The molecule has 1 saturated heterocycles. The molecule has 31 heavy (non-hydrogen) atoms. The van der Waals surface area contributed by atoms with Gasteiger partial charge in [-0.05, 0) is 19.8 Å². The lowest BCUT2D eigenvalue weighted by atomic mass is 10.1. The molecule has 2 aliphatic heterocycles. The molecule has 162 valence electrons. The molecule has 1 N–H and O–H groups in total. The van der Waals surface area contributed by atoms with Crippen LogP contribution in [0.25, 0.3) is 11.3 Å². The molecule has 0 radical (unpaired) electrons. The molecule has 1 aromatic carbocycles. The van der Waals surface area contributed by atoms with Gasteiger partial charge < -0.3 is 15.0 Å². The lowest BCUT2D eigenvalue weighted by molar-refractivity contribution is -0.121. The molecule has 0 unspecified atom stereocenters. The van der Waals surface area contributed by atoms with Crippen molar-refractivity contribution in [3.05, 3.63) is 46.9 Å². The van der Waals surface area contributed by atoms with Crippen molar-refractivity contribution in [2.24, 2.45) is 0 Å². The van der Waals surface area contributed by atoms with E-state index in [4.69, 9.17) is 9.72 Å². The number of anilines is 1. The molecule has 0 aliphatic carbocycles. The first-order valence-electron chi connectivity index (χ1n) is 10.8. The number of hydrogen-bond donors (Lipinski definition) is 1. The summed E-state index contributed by atoms with van der Waals surface area (Å²) < 4.78 is 7.40. The van der Waals surface area contributed by atoms with Crippen molar-refractivity contribution in [3.63, 3.8) is 0 Å². The van der Waals surface area contributed by atoms with E-state index < -0.39 is 0 Å². The zero-order valence-corrected chi connectivity index (χ0v) is 18.4. The maximum absolute atomic E-state index is 13.0. The van der Waals surface area contributed by atoms with Gasteiger partial charge in [-0.1, -0.05) is 30.3 Å². The van der Waals surface area contributed by atoms with Gasteiger partial charge in [0, 0.05) is 30.1 Å².